The number of aliphatic hydroxyl groups excluding tert-OH is 2. The number of aliphatic hydroxyl groups is 2. The molecule has 7 rings (SSSR count). The Hall–Kier alpha value is -2.38. The van der Waals surface area contributed by atoms with Crippen molar-refractivity contribution in [2.24, 2.45) is 17.3 Å². The van der Waals surface area contributed by atoms with Crippen molar-refractivity contribution in [1.29, 1.82) is 0 Å². The van der Waals surface area contributed by atoms with Crippen LogP contribution in [0.3, 0.4) is 0 Å². The van der Waals surface area contributed by atoms with Crippen LogP contribution in [0.1, 0.15) is 45.1 Å². The van der Waals surface area contributed by atoms with E-state index < -0.39 is 17.8 Å². The van der Waals surface area contributed by atoms with E-state index in [1.165, 1.54) is 16.7 Å². The van der Waals surface area contributed by atoms with Gasteiger partial charge in [0.25, 0.3) is 0 Å². The Balaban J connectivity index is 1.33. The van der Waals surface area contributed by atoms with Crippen LogP contribution in [-0.4, -0.2) is 68.9 Å². The summed E-state index contributed by atoms with van der Waals surface area (Å²) in [5, 5.41) is 32.5. The van der Waals surface area contributed by atoms with Gasteiger partial charge < -0.3 is 19.8 Å². The zero-order valence-electron chi connectivity index (χ0n) is 21.5. The van der Waals surface area contributed by atoms with Gasteiger partial charge >= 0.3 is 0 Å². The van der Waals surface area contributed by atoms with Crippen LogP contribution in [0.2, 0.25) is 0 Å². The van der Waals surface area contributed by atoms with Gasteiger partial charge in [0, 0.05) is 28.1 Å². The van der Waals surface area contributed by atoms with Gasteiger partial charge in [-0.15, -0.1) is 0 Å². The molecule has 2 aliphatic heterocycles. The van der Waals surface area contributed by atoms with E-state index in [0.717, 1.165) is 35.6 Å². The summed E-state index contributed by atoms with van der Waals surface area (Å²) in [7, 11) is 3.96. The summed E-state index contributed by atoms with van der Waals surface area (Å²) in [5.74, 6) is 0.622. The number of aromatic nitrogens is 2. The highest BCUT2D eigenvalue weighted by Gasteiger charge is 2.68. The largest absolute Gasteiger partial charge is 0.388 e. The first-order valence-corrected chi connectivity index (χ1v) is 13.3. The SMILES string of the molecule is CC1C=C2C=C3C(O)C(O)C(N(C)C)CC34CCC2(O4)C2CC=C(c3ccc4cnncc4c3)C12C. The zero-order valence-corrected chi connectivity index (χ0v) is 21.5. The van der Waals surface area contributed by atoms with Gasteiger partial charge in [-0.25, -0.2) is 0 Å². The first-order valence-electron chi connectivity index (χ1n) is 13.3. The molecule has 2 bridgehead atoms. The lowest BCUT2D eigenvalue weighted by Crippen LogP contribution is -2.62. The van der Waals surface area contributed by atoms with Crippen LogP contribution in [0.4, 0.5) is 0 Å². The summed E-state index contributed by atoms with van der Waals surface area (Å²) >= 11 is 0. The topological polar surface area (TPSA) is 78.7 Å². The van der Waals surface area contributed by atoms with E-state index in [2.05, 4.69) is 60.5 Å². The number of rotatable bonds is 2. The van der Waals surface area contributed by atoms with Gasteiger partial charge in [0.05, 0.1) is 29.7 Å². The lowest BCUT2D eigenvalue weighted by molar-refractivity contribution is -0.165. The van der Waals surface area contributed by atoms with Crippen LogP contribution in [-0.2, 0) is 4.74 Å². The molecule has 1 saturated heterocycles. The van der Waals surface area contributed by atoms with E-state index in [1.807, 2.05) is 31.4 Å². The van der Waals surface area contributed by atoms with E-state index in [4.69, 9.17) is 4.74 Å². The summed E-state index contributed by atoms with van der Waals surface area (Å²) in [4.78, 5) is 2.03. The maximum atomic E-state index is 11.2. The second-order valence-electron chi connectivity index (χ2n) is 12.2. The van der Waals surface area contributed by atoms with Gasteiger partial charge in [-0.1, -0.05) is 44.2 Å². The van der Waals surface area contributed by atoms with Crippen molar-refractivity contribution < 1.29 is 14.9 Å². The highest BCUT2D eigenvalue weighted by Crippen LogP contribution is 2.69. The quantitative estimate of drug-likeness (QED) is 0.672. The highest BCUT2D eigenvalue weighted by atomic mass is 16.5. The normalized spacial score (nSPS) is 43.0. The second kappa shape index (κ2) is 7.35. The van der Waals surface area contributed by atoms with Crippen molar-refractivity contribution in [3.8, 4) is 0 Å². The fourth-order valence-corrected chi connectivity index (χ4v) is 8.42. The van der Waals surface area contributed by atoms with Crippen LogP contribution in [0.25, 0.3) is 16.3 Å². The Kier molecular flexibility index (Phi) is 4.65. The third kappa shape index (κ3) is 2.71. The van der Waals surface area contributed by atoms with Crippen molar-refractivity contribution in [1.82, 2.24) is 15.1 Å². The summed E-state index contributed by atoms with van der Waals surface area (Å²) in [6.07, 6.45) is 12.5. The number of ether oxygens (including phenoxy) is 1. The fourth-order valence-electron chi connectivity index (χ4n) is 8.42. The predicted molar refractivity (Wildman–Crippen MR) is 139 cm³/mol. The molecule has 1 aromatic carbocycles. The molecule has 3 aliphatic carbocycles. The van der Waals surface area contributed by atoms with Crippen LogP contribution in [0.15, 0.2) is 60.0 Å². The zero-order chi connectivity index (χ0) is 25.0. The smallest absolute Gasteiger partial charge is 0.105 e. The summed E-state index contributed by atoms with van der Waals surface area (Å²) < 4.78 is 7.28. The van der Waals surface area contributed by atoms with Crippen molar-refractivity contribution in [3.63, 3.8) is 0 Å². The predicted octanol–water partition coefficient (Wildman–Crippen LogP) is 3.90. The molecule has 36 heavy (non-hydrogen) atoms. The highest BCUT2D eigenvalue weighted by molar-refractivity contribution is 5.86. The number of fused-ring (bicyclic) bond motifs is 2. The Morgan fingerprint density at radius 3 is 2.64 bits per heavy atom. The van der Waals surface area contributed by atoms with E-state index in [9.17, 15) is 10.2 Å². The number of hydrogen-bond acceptors (Lipinski definition) is 6. The number of benzene rings is 1. The average molecular weight is 486 g/mol. The minimum Gasteiger partial charge on any atom is -0.388 e. The van der Waals surface area contributed by atoms with E-state index in [-0.39, 0.29) is 17.1 Å². The standard InChI is InChI=1S/C30H35N3O3/c1-17-11-21-13-23-26(34)27(35)24(33(3)4)14-29(23)9-10-30(21,36-29)25-8-7-22(28(17,25)2)18-5-6-19-15-31-32-16-20(19)12-18/h5-7,11-13,15-17,24-27,34-35H,8-10,14H2,1-4H3. The van der Waals surface area contributed by atoms with Gasteiger partial charge in [-0.05, 0) is 74.0 Å². The lowest BCUT2D eigenvalue weighted by atomic mass is 9.54. The molecule has 5 aliphatic rings. The molecule has 2 spiro atoms. The molecule has 3 heterocycles. The van der Waals surface area contributed by atoms with Crippen molar-refractivity contribution in [3.05, 3.63) is 65.5 Å². The molecule has 8 atom stereocenters. The van der Waals surface area contributed by atoms with Gasteiger partial charge in [0.1, 0.15) is 6.10 Å². The van der Waals surface area contributed by atoms with E-state index in [0.29, 0.717) is 18.3 Å². The number of likely N-dealkylation sites (N-methyl/N-ethyl adjacent to an activating group) is 1. The molecule has 0 amide bonds. The Labute approximate surface area is 212 Å². The minimum atomic E-state index is -0.898. The molecule has 8 unspecified atom stereocenters. The molecule has 0 radical (unpaired) electrons. The van der Waals surface area contributed by atoms with Gasteiger partial charge in [0.15, 0.2) is 0 Å². The maximum absolute atomic E-state index is 11.2. The van der Waals surface area contributed by atoms with Crippen LogP contribution in [0.5, 0.6) is 0 Å². The number of nitrogens with zero attached hydrogens (tertiary/aromatic N) is 3. The third-order valence-corrected chi connectivity index (χ3v) is 10.5. The average Bonchev–Trinajstić information content (AvgIpc) is 3.39. The molecule has 188 valence electrons. The molecular weight excluding hydrogens is 450 g/mol. The molecule has 2 aromatic rings. The van der Waals surface area contributed by atoms with Gasteiger partial charge in [0.2, 0.25) is 0 Å². The molecule has 2 fully saturated rings. The van der Waals surface area contributed by atoms with Gasteiger partial charge in [-0.3, -0.25) is 0 Å². The Bertz CT molecular complexity index is 1360. The van der Waals surface area contributed by atoms with Crippen LogP contribution >= 0.6 is 0 Å². The molecule has 1 saturated carbocycles. The van der Waals surface area contributed by atoms with Crippen LogP contribution in [0, 0.1) is 17.3 Å². The summed E-state index contributed by atoms with van der Waals surface area (Å²) in [6.45, 7) is 4.75. The third-order valence-electron chi connectivity index (χ3n) is 10.5. The molecule has 1 aromatic heterocycles. The maximum Gasteiger partial charge on any atom is 0.105 e. The Morgan fingerprint density at radius 1 is 1.08 bits per heavy atom. The van der Waals surface area contributed by atoms with E-state index in [1.54, 1.807) is 0 Å². The minimum absolute atomic E-state index is 0.0672. The summed E-state index contributed by atoms with van der Waals surface area (Å²) in [5.41, 5.74) is 3.81. The first kappa shape index (κ1) is 22.8. The lowest BCUT2D eigenvalue weighted by Gasteiger charge is -2.57. The Morgan fingerprint density at radius 2 is 1.86 bits per heavy atom. The van der Waals surface area contributed by atoms with Crippen molar-refractivity contribution >= 4 is 16.3 Å². The first-order chi connectivity index (χ1) is 17.2. The number of allylic oxidation sites excluding steroid dienone is 3. The van der Waals surface area contributed by atoms with Crippen molar-refractivity contribution in [2.45, 2.75) is 69.0 Å². The molecule has 2 N–H and O–H groups in total. The second-order valence-corrected chi connectivity index (χ2v) is 12.2. The van der Waals surface area contributed by atoms with Crippen molar-refractivity contribution in [2.75, 3.05) is 14.1 Å². The van der Waals surface area contributed by atoms with E-state index >= 15 is 0 Å². The monoisotopic (exact) mass is 485 g/mol. The molecular formula is C30H35N3O3. The summed E-state index contributed by atoms with van der Waals surface area (Å²) in [6, 6.07) is 6.49. The van der Waals surface area contributed by atoms with Gasteiger partial charge in [-0.2, -0.15) is 10.2 Å². The number of hydrogen-bond donors (Lipinski definition) is 2. The fraction of sp³-hybridized carbons (Fsp3) is 0.533. The molecule has 6 heteroatoms. The molecule has 6 nitrogen and oxygen atoms in total. The van der Waals surface area contributed by atoms with Crippen LogP contribution < -0.4 is 0 Å².